The second-order valence-electron chi connectivity index (χ2n) is 5.19. The number of nitrogens with one attached hydrogen (secondary N) is 1. The number of hydrogen-bond acceptors (Lipinski definition) is 3. The van der Waals surface area contributed by atoms with Gasteiger partial charge in [-0.2, -0.15) is 0 Å². The van der Waals surface area contributed by atoms with Gasteiger partial charge in [0.1, 0.15) is 6.04 Å². The molecule has 0 saturated carbocycles. The Morgan fingerprint density at radius 3 is 2.44 bits per heavy atom. The summed E-state index contributed by atoms with van der Waals surface area (Å²) < 4.78 is 5.47. The predicted octanol–water partition coefficient (Wildman–Crippen LogP) is 2.04. The summed E-state index contributed by atoms with van der Waals surface area (Å²) in [5, 5.41) is 12.0. The van der Waals surface area contributed by atoms with Crippen molar-refractivity contribution in [1.82, 2.24) is 5.32 Å². The summed E-state index contributed by atoms with van der Waals surface area (Å²) in [6.45, 7) is 6.03. The van der Waals surface area contributed by atoms with E-state index in [1.807, 2.05) is 51.1 Å². The molecule has 18 heavy (non-hydrogen) atoms. The molecule has 0 fully saturated rings. The van der Waals surface area contributed by atoms with E-state index in [1.54, 1.807) is 0 Å². The van der Waals surface area contributed by atoms with Gasteiger partial charge >= 0.3 is 5.97 Å². The highest BCUT2D eigenvalue weighted by Gasteiger charge is 2.18. The molecular weight excluding hydrogens is 230 g/mol. The number of carbonyl (C=O) groups is 1. The Kier molecular flexibility index (Phi) is 5.31. The van der Waals surface area contributed by atoms with Gasteiger partial charge in [-0.25, -0.2) is 0 Å². The monoisotopic (exact) mass is 251 g/mol. The molecule has 0 bridgehead atoms. The third-order valence-electron chi connectivity index (χ3n) is 2.42. The first-order valence-corrected chi connectivity index (χ1v) is 6.02. The summed E-state index contributed by atoms with van der Waals surface area (Å²) in [6, 6.07) is 8.93. The summed E-state index contributed by atoms with van der Waals surface area (Å²) in [4.78, 5) is 11.1. The quantitative estimate of drug-likeness (QED) is 0.760. The lowest BCUT2D eigenvalue weighted by Gasteiger charge is -2.22. The van der Waals surface area contributed by atoms with Crippen LogP contribution in [0.15, 0.2) is 30.3 Å². The number of rotatable bonds is 6. The Bertz CT molecular complexity index is 370. The number of aliphatic carboxylic acids is 1. The van der Waals surface area contributed by atoms with Crippen LogP contribution >= 0.6 is 0 Å². The van der Waals surface area contributed by atoms with Crippen LogP contribution in [-0.4, -0.2) is 29.4 Å². The smallest absolute Gasteiger partial charge is 0.321 e. The van der Waals surface area contributed by atoms with Gasteiger partial charge in [0.25, 0.3) is 0 Å². The van der Waals surface area contributed by atoms with Crippen LogP contribution in [0.5, 0.6) is 0 Å². The maximum atomic E-state index is 11.1. The number of carboxylic acid groups (broad SMARTS) is 1. The van der Waals surface area contributed by atoms with Gasteiger partial charge in [-0.1, -0.05) is 30.3 Å². The van der Waals surface area contributed by atoms with E-state index in [1.165, 1.54) is 0 Å². The highest BCUT2D eigenvalue weighted by Crippen LogP contribution is 2.07. The second kappa shape index (κ2) is 6.52. The van der Waals surface area contributed by atoms with E-state index in [2.05, 4.69) is 5.32 Å². The van der Waals surface area contributed by atoms with E-state index in [4.69, 9.17) is 9.84 Å². The van der Waals surface area contributed by atoms with Gasteiger partial charge in [-0.05, 0) is 32.8 Å². The molecule has 0 aliphatic heterocycles. The van der Waals surface area contributed by atoms with Crippen molar-refractivity contribution in [2.45, 2.75) is 38.8 Å². The third-order valence-corrected chi connectivity index (χ3v) is 2.42. The van der Waals surface area contributed by atoms with Gasteiger partial charge in [0.05, 0.1) is 12.3 Å². The van der Waals surface area contributed by atoms with Gasteiger partial charge in [0.15, 0.2) is 0 Å². The summed E-state index contributed by atoms with van der Waals surface area (Å²) >= 11 is 0. The van der Waals surface area contributed by atoms with E-state index in [9.17, 15) is 4.79 Å². The molecule has 0 amide bonds. The summed E-state index contributed by atoms with van der Waals surface area (Å²) in [7, 11) is 0. The highest BCUT2D eigenvalue weighted by molar-refractivity contribution is 5.73. The van der Waals surface area contributed by atoms with Crippen LogP contribution in [0, 0.1) is 0 Å². The summed E-state index contributed by atoms with van der Waals surface area (Å²) in [5.41, 5.74) is 0.719. The maximum Gasteiger partial charge on any atom is 0.321 e. The fourth-order valence-electron chi connectivity index (χ4n) is 1.46. The zero-order valence-electron chi connectivity index (χ0n) is 11.1. The molecule has 0 saturated heterocycles. The Labute approximate surface area is 108 Å². The average Bonchev–Trinajstić information content (AvgIpc) is 2.27. The van der Waals surface area contributed by atoms with Crippen molar-refractivity contribution < 1.29 is 14.6 Å². The van der Waals surface area contributed by atoms with Gasteiger partial charge in [-0.15, -0.1) is 0 Å². The Morgan fingerprint density at radius 2 is 1.94 bits per heavy atom. The molecular formula is C14H21NO3. The molecule has 2 N–H and O–H groups in total. The molecule has 4 nitrogen and oxygen atoms in total. The molecule has 1 aromatic carbocycles. The summed E-state index contributed by atoms with van der Waals surface area (Å²) in [6.07, 6.45) is 0.448. The standard InChI is InChI=1S/C14H21NO3/c1-14(2,3)18-10-15-12(13(16)17)9-11-7-5-4-6-8-11/h4-8,12,15H,9-10H2,1-3H3,(H,16,17)/t12-/m1/s1. The van der Waals surface area contributed by atoms with E-state index >= 15 is 0 Å². The molecule has 0 unspecified atom stereocenters. The fraction of sp³-hybridized carbons (Fsp3) is 0.500. The van der Waals surface area contributed by atoms with Crippen LogP contribution in [0.4, 0.5) is 0 Å². The van der Waals surface area contributed by atoms with Crippen LogP contribution in [-0.2, 0) is 16.0 Å². The molecule has 100 valence electrons. The van der Waals surface area contributed by atoms with Crippen LogP contribution < -0.4 is 5.32 Å². The van der Waals surface area contributed by atoms with Crippen LogP contribution in [0.1, 0.15) is 26.3 Å². The SMILES string of the molecule is CC(C)(C)OCN[C@H](Cc1ccccc1)C(=O)O. The minimum atomic E-state index is -0.864. The molecule has 0 radical (unpaired) electrons. The molecule has 0 heterocycles. The molecule has 1 rings (SSSR count). The van der Waals surface area contributed by atoms with Crippen molar-refractivity contribution >= 4 is 5.97 Å². The van der Waals surface area contributed by atoms with Gasteiger partial charge < -0.3 is 9.84 Å². The number of benzene rings is 1. The van der Waals surface area contributed by atoms with Crippen molar-refractivity contribution in [2.24, 2.45) is 0 Å². The average molecular weight is 251 g/mol. The van der Waals surface area contributed by atoms with E-state index in [0.29, 0.717) is 6.42 Å². The van der Waals surface area contributed by atoms with E-state index < -0.39 is 12.0 Å². The topological polar surface area (TPSA) is 58.6 Å². The van der Waals surface area contributed by atoms with Crippen molar-refractivity contribution in [3.63, 3.8) is 0 Å². The fourth-order valence-corrected chi connectivity index (χ4v) is 1.46. The number of ether oxygens (including phenoxy) is 1. The zero-order chi connectivity index (χ0) is 13.6. The lowest BCUT2D eigenvalue weighted by Crippen LogP contribution is -2.41. The van der Waals surface area contributed by atoms with Crippen molar-refractivity contribution in [3.8, 4) is 0 Å². The molecule has 0 aromatic heterocycles. The molecule has 0 aliphatic rings. The molecule has 0 spiro atoms. The predicted molar refractivity (Wildman–Crippen MR) is 70.4 cm³/mol. The Morgan fingerprint density at radius 1 is 1.33 bits per heavy atom. The zero-order valence-corrected chi connectivity index (χ0v) is 11.1. The minimum absolute atomic E-state index is 0.229. The van der Waals surface area contributed by atoms with Gasteiger partial charge in [0.2, 0.25) is 0 Å². The molecule has 0 aliphatic carbocycles. The first-order chi connectivity index (χ1) is 8.38. The lowest BCUT2D eigenvalue weighted by molar-refractivity contribution is -0.140. The van der Waals surface area contributed by atoms with Crippen molar-refractivity contribution in [2.75, 3.05) is 6.73 Å². The van der Waals surface area contributed by atoms with Crippen LogP contribution in [0.3, 0.4) is 0 Å². The number of hydrogen-bond donors (Lipinski definition) is 2. The van der Waals surface area contributed by atoms with Crippen LogP contribution in [0.2, 0.25) is 0 Å². The molecule has 1 atom stereocenters. The minimum Gasteiger partial charge on any atom is -0.480 e. The first kappa shape index (κ1) is 14.7. The van der Waals surface area contributed by atoms with Crippen molar-refractivity contribution in [1.29, 1.82) is 0 Å². The van der Waals surface area contributed by atoms with E-state index in [-0.39, 0.29) is 12.3 Å². The largest absolute Gasteiger partial charge is 0.480 e. The van der Waals surface area contributed by atoms with Gasteiger partial charge in [0, 0.05) is 0 Å². The summed E-state index contributed by atoms with van der Waals surface area (Å²) in [5.74, 6) is -0.864. The number of carboxylic acids is 1. The normalized spacial score (nSPS) is 13.3. The maximum absolute atomic E-state index is 11.1. The first-order valence-electron chi connectivity index (χ1n) is 6.02. The van der Waals surface area contributed by atoms with E-state index in [0.717, 1.165) is 5.56 Å². The van der Waals surface area contributed by atoms with Crippen LogP contribution in [0.25, 0.3) is 0 Å². The molecule has 1 aromatic rings. The lowest BCUT2D eigenvalue weighted by atomic mass is 10.1. The Hall–Kier alpha value is -1.39. The Balaban J connectivity index is 2.49. The van der Waals surface area contributed by atoms with Crippen molar-refractivity contribution in [3.05, 3.63) is 35.9 Å². The highest BCUT2D eigenvalue weighted by atomic mass is 16.5. The third kappa shape index (κ3) is 5.80. The molecule has 4 heteroatoms. The second-order valence-corrected chi connectivity index (χ2v) is 5.19. The van der Waals surface area contributed by atoms with Gasteiger partial charge in [-0.3, -0.25) is 10.1 Å².